The van der Waals surface area contributed by atoms with Gasteiger partial charge in [-0.25, -0.2) is 4.79 Å². The lowest BCUT2D eigenvalue weighted by Crippen LogP contribution is -2.47. The number of hydrogen-bond acceptors (Lipinski definition) is 2. The van der Waals surface area contributed by atoms with Gasteiger partial charge in [0.25, 0.3) is 0 Å². The third-order valence-electron chi connectivity index (χ3n) is 5.22. The van der Waals surface area contributed by atoms with Gasteiger partial charge in [-0.2, -0.15) is 13.2 Å². The van der Waals surface area contributed by atoms with E-state index in [2.05, 4.69) is 25.2 Å². The van der Waals surface area contributed by atoms with Crippen LogP contribution in [-0.2, 0) is 0 Å². The van der Waals surface area contributed by atoms with Crippen molar-refractivity contribution in [3.05, 3.63) is 11.6 Å². The van der Waals surface area contributed by atoms with Gasteiger partial charge in [0.15, 0.2) is 5.60 Å². The largest absolute Gasteiger partial charge is 0.417 e. The summed E-state index contributed by atoms with van der Waals surface area (Å²) in [7, 11) is 0. The van der Waals surface area contributed by atoms with E-state index in [1.807, 2.05) is 0 Å². The van der Waals surface area contributed by atoms with E-state index >= 15 is 0 Å². The second-order valence-corrected chi connectivity index (χ2v) is 7.53. The fraction of sp³-hybridized carbons (Fsp3) is 0.824. The van der Waals surface area contributed by atoms with Crippen LogP contribution in [0.15, 0.2) is 11.6 Å². The second-order valence-electron chi connectivity index (χ2n) is 7.53. The van der Waals surface area contributed by atoms with Crippen molar-refractivity contribution in [1.29, 1.82) is 0 Å². The Hall–Kier alpha value is -1.24. The summed E-state index contributed by atoms with van der Waals surface area (Å²) in [6, 6.07) is -0.354. The molecule has 1 fully saturated rings. The number of nitrogens with zero attached hydrogens (tertiary/aromatic N) is 1. The Labute approximate surface area is 141 Å². The third-order valence-corrected chi connectivity index (χ3v) is 5.22. The summed E-state index contributed by atoms with van der Waals surface area (Å²) in [5, 5.41) is 12.6. The maximum Gasteiger partial charge on any atom is 0.417 e. The molecule has 0 unspecified atom stereocenters. The Kier molecular flexibility index (Phi) is 5.52. The number of rotatable bonds is 3. The fourth-order valence-corrected chi connectivity index (χ4v) is 3.41. The van der Waals surface area contributed by atoms with Crippen molar-refractivity contribution in [2.75, 3.05) is 19.6 Å². The SMILES string of the molecule is CC(C)(CNC(=O)N1CCC[C@@](O)(C(F)(F)F)CC1)C1=CCCC1. The summed E-state index contributed by atoms with van der Waals surface area (Å²) < 4.78 is 38.8. The van der Waals surface area contributed by atoms with Crippen LogP contribution in [-0.4, -0.2) is 47.4 Å². The highest BCUT2D eigenvalue weighted by Crippen LogP contribution is 2.38. The number of halogens is 3. The van der Waals surface area contributed by atoms with Gasteiger partial charge in [0, 0.05) is 31.5 Å². The maximum atomic E-state index is 12.9. The van der Waals surface area contributed by atoms with Gasteiger partial charge in [-0.15, -0.1) is 0 Å². The summed E-state index contributed by atoms with van der Waals surface area (Å²) in [6.07, 6.45) is 0.0853. The molecular formula is C17H27F3N2O2. The van der Waals surface area contributed by atoms with Crippen LogP contribution >= 0.6 is 0 Å². The number of alkyl halides is 3. The average molecular weight is 348 g/mol. The molecule has 1 aliphatic heterocycles. The van der Waals surface area contributed by atoms with Gasteiger partial charge in [0.1, 0.15) is 0 Å². The van der Waals surface area contributed by atoms with Crippen LogP contribution in [0.4, 0.5) is 18.0 Å². The lowest BCUT2D eigenvalue weighted by atomic mass is 9.83. The van der Waals surface area contributed by atoms with Crippen molar-refractivity contribution in [1.82, 2.24) is 10.2 Å². The minimum absolute atomic E-state index is 0.0923. The molecule has 2 N–H and O–H groups in total. The fourth-order valence-electron chi connectivity index (χ4n) is 3.41. The second kappa shape index (κ2) is 6.94. The van der Waals surface area contributed by atoms with Gasteiger partial charge in [-0.1, -0.05) is 25.5 Å². The molecule has 1 atom stereocenters. The predicted molar refractivity (Wildman–Crippen MR) is 85.5 cm³/mol. The summed E-state index contributed by atoms with van der Waals surface area (Å²) in [4.78, 5) is 13.7. The Bertz CT molecular complexity index is 503. The Morgan fingerprint density at radius 2 is 2.00 bits per heavy atom. The molecule has 0 aromatic rings. The van der Waals surface area contributed by atoms with Crippen LogP contribution in [0.2, 0.25) is 0 Å². The standard InChI is InChI=1S/C17H27F3N2O2/c1-15(2,13-6-3-4-7-13)12-21-14(23)22-10-5-8-16(24,9-11-22)17(18,19)20/h6,24H,3-5,7-12H2,1-2H3,(H,21,23)/t16-/m0/s1. The van der Waals surface area contributed by atoms with Crippen LogP contribution in [0, 0.1) is 5.41 Å². The number of aliphatic hydroxyl groups is 1. The van der Waals surface area contributed by atoms with E-state index in [0.29, 0.717) is 6.54 Å². The van der Waals surface area contributed by atoms with Crippen molar-refractivity contribution in [3.8, 4) is 0 Å². The van der Waals surface area contributed by atoms with E-state index in [1.54, 1.807) is 0 Å². The normalized spacial score (nSPS) is 26.1. The molecule has 138 valence electrons. The molecule has 0 bridgehead atoms. The van der Waals surface area contributed by atoms with Gasteiger partial charge in [0.2, 0.25) is 0 Å². The molecule has 7 heteroatoms. The third kappa shape index (κ3) is 4.23. The van der Waals surface area contributed by atoms with E-state index < -0.39 is 18.2 Å². The van der Waals surface area contributed by atoms with Gasteiger partial charge < -0.3 is 15.3 Å². The predicted octanol–water partition coefficient (Wildman–Crippen LogP) is 3.61. The number of carbonyl (C=O) groups excluding carboxylic acids is 1. The molecule has 2 aliphatic rings. The molecule has 4 nitrogen and oxygen atoms in total. The zero-order valence-electron chi connectivity index (χ0n) is 14.4. The quantitative estimate of drug-likeness (QED) is 0.766. The molecular weight excluding hydrogens is 321 g/mol. The lowest BCUT2D eigenvalue weighted by Gasteiger charge is -2.30. The summed E-state index contributed by atoms with van der Waals surface area (Å²) in [5.74, 6) is 0. The van der Waals surface area contributed by atoms with Gasteiger partial charge >= 0.3 is 12.2 Å². The van der Waals surface area contributed by atoms with Gasteiger partial charge in [-0.3, -0.25) is 0 Å². The molecule has 2 rings (SSSR count). The van der Waals surface area contributed by atoms with Crippen molar-refractivity contribution in [3.63, 3.8) is 0 Å². The molecule has 2 amide bonds. The number of hydrogen-bond donors (Lipinski definition) is 2. The minimum Gasteiger partial charge on any atom is -0.380 e. The maximum absolute atomic E-state index is 12.9. The topological polar surface area (TPSA) is 52.6 Å². The highest BCUT2D eigenvalue weighted by atomic mass is 19.4. The van der Waals surface area contributed by atoms with Gasteiger partial charge in [0.05, 0.1) is 0 Å². The van der Waals surface area contributed by atoms with Crippen molar-refractivity contribution >= 4 is 6.03 Å². The first kappa shape index (κ1) is 19.1. The van der Waals surface area contributed by atoms with Crippen molar-refractivity contribution in [2.45, 2.75) is 64.1 Å². The number of carbonyl (C=O) groups is 1. The van der Waals surface area contributed by atoms with Crippen LogP contribution in [0.3, 0.4) is 0 Å². The number of likely N-dealkylation sites (tertiary alicyclic amines) is 1. The first-order valence-electron chi connectivity index (χ1n) is 8.57. The summed E-state index contributed by atoms with van der Waals surface area (Å²) in [5.41, 5.74) is -1.51. The number of nitrogens with one attached hydrogen (secondary N) is 1. The van der Waals surface area contributed by atoms with E-state index in [1.165, 1.54) is 10.5 Å². The van der Waals surface area contributed by atoms with E-state index in [-0.39, 0.29) is 37.4 Å². The molecule has 0 aromatic carbocycles. The van der Waals surface area contributed by atoms with Crippen LogP contribution in [0.5, 0.6) is 0 Å². The van der Waals surface area contributed by atoms with Crippen LogP contribution < -0.4 is 5.32 Å². The molecule has 24 heavy (non-hydrogen) atoms. The number of urea groups is 1. The highest BCUT2D eigenvalue weighted by molar-refractivity contribution is 5.74. The summed E-state index contributed by atoms with van der Waals surface area (Å²) >= 11 is 0. The molecule has 1 aliphatic carbocycles. The Balaban J connectivity index is 1.89. The molecule has 0 aromatic heterocycles. The summed E-state index contributed by atoms with van der Waals surface area (Å²) in [6.45, 7) is 4.72. The van der Waals surface area contributed by atoms with Crippen LogP contribution in [0.25, 0.3) is 0 Å². The number of allylic oxidation sites excluding steroid dienone is 1. The van der Waals surface area contributed by atoms with Crippen molar-refractivity contribution in [2.24, 2.45) is 5.41 Å². The first-order valence-corrected chi connectivity index (χ1v) is 8.57. The Morgan fingerprint density at radius 1 is 1.29 bits per heavy atom. The average Bonchev–Trinajstić information content (AvgIpc) is 2.95. The van der Waals surface area contributed by atoms with E-state index in [9.17, 15) is 23.1 Å². The molecule has 1 heterocycles. The zero-order valence-corrected chi connectivity index (χ0v) is 14.4. The first-order chi connectivity index (χ1) is 11.1. The molecule has 0 radical (unpaired) electrons. The van der Waals surface area contributed by atoms with Gasteiger partial charge in [-0.05, 0) is 32.1 Å². The minimum atomic E-state index is -4.66. The molecule has 0 spiro atoms. The van der Waals surface area contributed by atoms with E-state index in [0.717, 1.165) is 19.3 Å². The van der Waals surface area contributed by atoms with E-state index in [4.69, 9.17) is 0 Å². The molecule has 1 saturated heterocycles. The zero-order chi connectivity index (χ0) is 18.0. The Morgan fingerprint density at radius 3 is 2.58 bits per heavy atom. The smallest absolute Gasteiger partial charge is 0.380 e. The van der Waals surface area contributed by atoms with Crippen molar-refractivity contribution < 1.29 is 23.1 Å². The highest BCUT2D eigenvalue weighted by Gasteiger charge is 2.53. The monoisotopic (exact) mass is 348 g/mol. The lowest BCUT2D eigenvalue weighted by molar-refractivity contribution is -0.263. The molecule has 0 saturated carbocycles. The van der Waals surface area contributed by atoms with Crippen LogP contribution in [0.1, 0.15) is 52.4 Å². The number of amides is 2.